The van der Waals surface area contributed by atoms with Crippen LogP contribution in [-0.2, 0) is 29.2 Å². The molecule has 16 nitrogen and oxygen atoms in total. The molecule has 0 saturated heterocycles. The lowest BCUT2D eigenvalue weighted by Crippen LogP contribution is -2.42. The van der Waals surface area contributed by atoms with Crippen LogP contribution in [0.4, 0.5) is 16.2 Å². The summed E-state index contributed by atoms with van der Waals surface area (Å²) in [6.45, 7) is 13.5. The maximum Gasteiger partial charge on any atom is 0.410 e. The zero-order valence-corrected chi connectivity index (χ0v) is 40.7. The van der Waals surface area contributed by atoms with Gasteiger partial charge in [-0.15, -0.1) is 0 Å². The Morgan fingerprint density at radius 2 is 1.43 bits per heavy atom. The first-order valence-electron chi connectivity index (χ1n) is 23.6. The van der Waals surface area contributed by atoms with Crippen molar-refractivity contribution in [2.45, 2.75) is 98.0 Å². The lowest BCUT2D eigenvalue weighted by Gasteiger charge is -2.32. The van der Waals surface area contributed by atoms with Gasteiger partial charge in [-0.25, -0.2) is 9.78 Å². The number of nitrogens with zero attached hydrogens (tertiary/aromatic N) is 4. The van der Waals surface area contributed by atoms with Gasteiger partial charge in [0.1, 0.15) is 5.60 Å². The standard InChI is InChI=1S/C52H70N8O8/c1-8-43(9-2)60(29-28-59(7)51(66)68-52(3,4)5)34-39-11-10-12-41(31-39)49(64)56-44-23-24-46(67-35-38-13-14-38)57-47(44)50(65)55-42-21-17-37(18-22-42)33-58(6)32-36-15-19-40(20-16-36)48(63)54-26-25-45(62)53-27-30-61/h10-12,15-24,31,38,43,61H,8-9,13-14,25-30,32-35H2,1-7H3,(H,53,62)(H,54,63)(H,55,65)(H,56,64). The molecule has 68 heavy (non-hydrogen) atoms. The number of anilines is 2. The van der Waals surface area contributed by atoms with Crippen molar-refractivity contribution < 1.29 is 38.6 Å². The van der Waals surface area contributed by atoms with Crippen molar-refractivity contribution >= 4 is 41.1 Å². The summed E-state index contributed by atoms with van der Waals surface area (Å²) in [4.78, 5) is 75.4. The summed E-state index contributed by atoms with van der Waals surface area (Å²) in [6.07, 6.45) is 3.79. The van der Waals surface area contributed by atoms with E-state index in [0.717, 1.165) is 42.4 Å². The molecule has 1 heterocycles. The molecule has 4 aromatic rings. The number of pyridine rings is 1. The summed E-state index contributed by atoms with van der Waals surface area (Å²) >= 11 is 0. The van der Waals surface area contributed by atoms with E-state index in [1.54, 1.807) is 42.3 Å². The summed E-state index contributed by atoms with van der Waals surface area (Å²) in [5.74, 6) is -0.632. The van der Waals surface area contributed by atoms with Crippen molar-refractivity contribution in [1.29, 1.82) is 0 Å². The average Bonchev–Trinajstić information content (AvgIpc) is 4.15. The second kappa shape index (κ2) is 25.7. The predicted molar refractivity (Wildman–Crippen MR) is 264 cm³/mol. The third-order valence-electron chi connectivity index (χ3n) is 11.4. The molecule has 0 aliphatic heterocycles. The first-order chi connectivity index (χ1) is 32.5. The number of hydrogen-bond donors (Lipinski definition) is 5. The fourth-order valence-electron chi connectivity index (χ4n) is 7.43. The van der Waals surface area contributed by atoms with E-state index in [1.807, 2.05) is 82.4 Å². The molecule has 5 rings (SSSR count). The van der Waals surface area contributed by atoms with Crippen LogP contribution in [0.1, 0.15) is 115 Å². The lowest BCUT2D eigenvalue weighted by molar-refractivity contribution is -0.121. The number of hydrogen-bond acceptors (Lipinski definition) is 11. The van der Waals surface area contributed by atoms with Crippen molar-refractivity contribution in [2.24, 2.45) is 5.92 Å². The van der Waals surface area contributed by atoms with Gasteiger partial charge < -0.3 is 40.7 Å². The molecule has 3 aromatic carbocycles. The summed E-state index contributed by atoms with van der Waals surface area (Å²) in [5.41, 5.74) is 4.12. The van der Waals surface area contributed by atoms with Crippen molar-refractivity contribution in [3.05, 3.63) is 118 Å². The van der Waals surface area contributed by atoms with E-state index >= 15 is 0 Å². The number of aliphatic hydroxyl groups is 1. The summed E-state index contributed by atoms with van der Waals surface area (Å²) < 4.78 is 11.5. The van der Waals surface area contributed by atoms with Crippen LogP contribution >= 0.6 is 0 Å². The van der Waals surface area contributed by atoms with Gasteiger partial charge in [-0.05, 0) is 119 Å². The first-order valence-corrected chi connectivity index (χ1v) is 23.6. The number of aromatic nitrogens is 1. The van der Waals surface area contributed by atoms with Crippen molar-refractivity contribution in [3.8, 4) is 5.88 Å². The molecule has 5 N–H and O–H groups in total. The minimum Gasteiger partial charge on any atom is -0.477 e. The van der Waals surface area contributed by atoms with Crippen LogP contribution in [0.25, 0.3) is 0 Å². The number of benzene rings is 3. The fourth-order valence-corrected chi connectivity index (χ4v) is 7.43. The highest BCUT2D eigenvalue weighted by atomic mass is 16.6. The third-order valence-corrected chi connectivity index (χ3v) is 11.4. The molecule has 366 valence electrons. The maximum absolute atomic E-state index is 13.9. The number of nitrogens with one attached hydrogen (secondary N) is 4. The Morgan fingerprint density at radius 1 is 0.750 bits per heavy atom. The SMILES string of the molecule is CCC(CC)N(CCN(C)C(=O)OC(C)(C)C)Cc1cccc(C(=O)Nc2ccc(OCC3CC3)nc2C(=O)Nc2ccc(CN(C)Cc3ccc(C(=O)NCCC(=O)NCCO)cc3)cc2)c1. The van der Waals surface area contributed by atoms with Crippen LogP contribution in [0.2, 0.25) is 0 Å². The van der Waals surface area contributed by atoms with E-state index < -0.39 is 17.4 Å². The van der Waals surface area contributed by atoms with Gasteiger partial charge in [-0.3, -0.25) is 29.0 Å². The Hall–Kier alpha value is -6.36. The van der Waals surface area contributed by atoms with Crippen molar-refractivity contribution in [1.82, 2.24) is 30.3 Å². The first kappa shape index (κ1) is 52.6. The van der Waals surface area contributed by atoms with Gasteiger partial charge in [0.25, 0.3) is 17.7 Å². The molecule has 0 bridgehead atoms. The van der Waals surface area contributed by atoms with Gasteiger partial charge in [0.15, 0.2) is 5.69 Å². The van der Waals surface area contributed by atoms with E-state index in [9.17, 15) is 24.0 Å². The van der Waals surface area contributed by atoms with Crippen LogP contribution in [0, 0.1) is 5.92 Å². The molecule has 0 spiro atoms. The molecule has 1 aliphatic rings. The van der Waals surface area contributed by atoms with Crippen molar-refractivity contribution in [3.63, 3.8) is 0 Å². The molecule has 1 fully saturated rings. The maximum atomic E-state index is 13.9. The van der Waals surface area contributed by atoms with Crippen LogP contribution < -0.4 is 26.0 Å². The zero-order chi connectivity index (χ0) is 49.2. The average molecular weight is 935 g/mol. The highest BCUT2D eigenvalue weighted by Gasteiger charge is 2.25. The number of carbonyl (C=O) groups excluding carboxylic acids is 5. The number of aliphatic hydroxyl groups excluding tert-OH is 1. The smallest absolute Gasteiger partial charge is 0.410 e. The highest BCUT2D eigenvalue weighted by molar-refractivity contribution is 6.11. The van der Waals surface area contributed by atoms with E-state index in [0.29, 0.717) is 67.9 Å². The molecule has 0 unspecified atom stereocenters. The number of rotatable bonds is 25. The molecule has 16 heteroatoms. The van der Waals surface area contributed by atoms with Gasteiger partial charge in [-0.1, -0.05) is 50.2 Å². The number of ether oxygens (including phenoxy) is 2. The van der Waals surface area contributed by atoms with E-state index in [-0.39, 0.29) is 61.4 Å². The second-order valence-corrected chi connectivity index (χ2v) is 18.4. The normalized spacial score (nSPS) is 12.5. The van der Waals surface area contributed by atoms with Gasteiger partial charge in [0, 0.05) is 88.2 Å². The molecular weight excluding hydrogens is 865 g/mol. The van der Waals surface area contributed by atoms with Crippen LogP contribution in [0.15, 0.2) is 84.9 Å². The minimum absolute atomic E-state index is 0.0192. The van der Waals surface area contributed by atoms with Crippen LogP contribution in [-0.4, -0.2) is 120 Å². The largest absolute Gasteiger partial charge is 0.477 e. The van der Waals surface area contributed by atoms with Gasteiger partial charge in [0.2, 0.25) is 11.8 Å². The molecule has 1 aromatic heterocycles. The number of carbonyl (C=O) groups is 5. The van der Waals surface area contributed by atoms with Crippen LogP contribution in [0.5, 0.6) is 5.88 Å². The molecule has 1 saturated carbocycles. The molecule has 5 amide bonds. The molecule has 1 aliphatic carbocycles. The third kappa shape index (κ3) is 17.4. The second-order valence-electron chi connectivity index (χ2n) is 18.4. The number of likely N-dealkylation sites (N-methyl/N-ethyl adjacent to an activating group) is 1. The Bertz CT molecular complexity index is 2290. The van der Waals surface area contributed by atoms with Gasteiger partial charge >= 0.3 is 6.09 Å². The Morgan fingerprint density at radius 3 is 2.06 bits per heavy atom. The fraction of sp³-hybridized carbons (Fsp3) is 0.462. The Labute approximate surface area is 401 Å². The Balaban J connectivity index is 1.20. The zero-order valence-electron chi connectivity index (χ0n) is 40.7. The quantitative estimate of drug-likeness (QED) is 0.0455. The lowest BCUT2D eigenvalue weighted by atomic mass is 10.1. The van der Waals surface area contributed by atoms with Crippen LogP contribution in [0.3, 0.4) is 0 Å². The van der Waals surface area contributed by atoms with E-state index in [1.165, 1.54) is 0 Å². The Kier molecular flexibility index (Phi) is 19.9. The molecule has 0 radical (unpaired) electrons. The topological polar surface area (TPSA) is 195 Å². The summed E-state index contributed by atoms with van der Waals surface area (Å²) in [7, 11) is 3.73. The van der Waals surface area contributed by atoms with E-state index in [2.05, 4.69) is 49.9 Å². The van der Waals surface area contributed by atoms with E-state index in [4.69, 9.17) is 14.6 Å². The summed E-state index contributed by atoms with van der Waals surface area (Å²) in [5, 5.41) is 20.0. The molecule has 0 atom stereocenters. The minimum atomic E-state index is -0.587. The van der Waals surface area contributed by atoms with Gasteiger partial charge in [0.05, 0.1) is 18.9 Å². The highest BCUT2D eigenvalue weighted by Crippen LogP contribution is 2.30. The monoisotopic (exact) mass is 935 g/mol. The summed E-state index contributed by atoms with van der Waals surface area (Å²) in [6, 6.07) is 25.8. The number of amides is 5. The van der Waals surface area contributed by atoms with Crippen molar-refractivity contribution in [2.75, 3.05) is 64.1 Å². The molecular formula is C52H70N8O8. The predicted octanol–water partition coefficient (Wildman–Crippen LogP) is 7.09. The van der Waals surface area contributed by atoms with Gasteiger partial charge in [-0.2, -0.15) is 0 Å².